The van der Waals surface area contributed by atoms with Crippen LogP contribution in [0.25, 0.3) is 6.08 Å². The summed E-state index contributed by atoms with van der Waals surface area (Å²) in [5.41, 5.74) is 2.80. The number of hydrogen-bond acceptors (Lipinski definition) is 6. The third-order valence-electron chi connectivity index (χ3n) is 4.47. The van der Waals surface area contributed by atoms with Crippen LogP contribution >= 0.6 is 0 Å². The van der Waals surface area contributed by atoms with Crippen molar-refractivity contribution >= 4 is 23.7 Å². The van der Waals surface area contributed by atoms with E-state index in [0.29, 0.717) is 28.3 Å². The fourth-order valence-corrected chi connectivity index (χ4v) is 2.91. The number of carbonyl (C=O) groups is 2. The molecule has 0 amide bonds. The molecule has 6 heteroatoms. The van der Waals surface area contributed by atoms with Crippen molar-refractivity contribution in [1.29, 1.82) is 0 Å². The average Bonchev–Trinajstić information content (AvgIpc) is 3.15. The third kappa shape index (κ3) is 4.12. The molecule has 6 nitrogen and oxygen atoms in total. The van der Waals surface area contributed by atoms with E-state index >= 15 is 0 Å². The van der Waals surface area contributed by atoms with E-state index in [9.17, 15) is 9.59 Å². The van der Waals surface area contributed by atoms with Gasteiger partial charge in [-0.2, -0.15) is 0 Å². The van der Waals surface area contributed by atoms with Gasteiger partial charge in [-0.05, 0) is 48.0 Å². The van der Waals surface area contributed by atoms with Crippen molar-refractivity contribution in [2.24, 2.45) is 5.16 Å². The van der Waals surface area contributed by atoms with Crippen molar-refractivity contribution in [3.05, 3.63) is 101 Å². The quantitative estimate of drug-likeness (QED) is 0.277. The number of benzene rings is 3. The highest BCUT2D eigenvalue weighted by Gasteiger charge is 2.26. The Morgan fingerprint density at radius 1 is 0.900 bits per heavy atom. The maximum absolute atomic E-state index is 12.3. The number of rotatable bonds is 5. The lowest BCUT2D eigenvalue weighted by Crippen LogP contribution is -2.08. The van der Waals surface area contributed by atoms with Gasteiger partial charge in [-0.15, -0.1) is 0 Å². The van der Waals surface area contributed by atoms with E-state index in [2.05, 4.69) is 5.16 Å². The molecule has 0 spiro atoms. The third-order valence-corrected chi connectivity index (χ3v) is 4.47. The minimum Gasteiger partial charge on any atom is -0.497 e. The van der Waals surface area contributed by atoms with Crippen LogP contribution in [0.1, 0.15) is 21.5 Å². The van der Waals surface area contributed by atoms with Crippen molar-refractivity contribution in [2.75, 3.05) is 7.11 Å². The second-order valence-electron chi connectivity index (χ2n) is 6.43. The Hall–Kier alpha value is -4.19. The van der Waals surface area contributed by atoms with Gasteiger partial charge in [0.1, 0.15) is 17.2 Å². The molecule has 0 radical (unpaired) electrons. The van der Waals surface area contributed by atoms with Crippen molar-refractivity contribution in [2.45, 2.75) is 0 Å². The Bertz CT molecular complexity index is 1130. The van der Waals surface area contributed by atoms with E-state index < -0.39 is 11.9 Å². The van der Waals surface area contributed by atoms with Crippen LogP contribution in [0.15, 0.2) is 89.6 Å². The van der Waals surface area contributed by atoms with E-state index in [-0.39, 0.29) is 0 Å². The van der Waals surface area contributed by atoms with Crippen molar-refractivity contribution in [3.63, 3.8) is 0 Å². The van der Waals surface area contributed by atoms with Gasteiger partial charge < -0.3 is 14.3 Å². The van der Waals surface area contributed by atoms with Gasteiger partial charge in [-0.3, -0.25) is 0 Å². The predicted octanol–water partition coefficient (Wildman–Crippen LogP) is 4.26. The van der Waals surface area contributed by atoms with Gasteiger partial charge >= 0.3 is 11.9 Å². The number of hydrogen-bond donors (Lipinski definition) is 0. The first-order valence-electron chi connectivity index (χ1n) is 9.17. The van der Waals surface area contributed by atoms with Crippen LogP contribution in [-0.4, -0.2) is 24.8 Å². The predicted molar refractivity (Wildman–Crippen MR) is 111 cm³/mol. The first-order valence-corrected chi connectivity index (χ1v) is 9.17. The summed E-state index contributed by atoms with van der Waals surface area (Å²) in [5, 5.41) is 3.89. The van der Waals surface area contributed by atoms with Gasteiger partial charge in [0.05, 0.1) is 18.2 Å². The molecule has 3 aromatic rings. The summed E-state index contributed by atoms with van der Waals surface area (Å²) in [5.74, 6) is 0.0715. The van der Waals surface area contributed by atoms with Crippen molar-refractivity contribution < 1.29 is 23.9 Å². The Kier molecular flexibility index (Phi) is 5.39. The molecule has 3 aromatic carbocycles. The number of nitrogens with zero attached hydrogens (tertiary/aromatic N) is 1. The van der Waals surface area contributed by atoms with Crippen molar-refractivity contribution in [3.8, 4) is 11.5 Å². The molecule has 1 aliphatic rings. The van der Waals surface area contributed by atoms with E-state index in [1.54, 1.807) is 61.7 Å². The molecule has 30 heavy (non-hydrogen) atoms. The number of oxime groups is 1. The second kappa shape index (κ2) is 8.45. The summed E-state index contributed by atoms with van der Waals surface area (Å²) in [4.78, 5) is 29.2. The highest BCUT2D eigenvalue weighted by Crippen LogP contribution is 2.22. The number of methoxy groups -OCH3 is 1. The van der Waals surface area contributed by atoms with Crippen molar-refractivity contribution in [1.82, 2.24) is 0 Å². The number of carbonyl (C=O) groups excluding carboxylic acids is 2. The summed E-state index contributed by atoms with van der Waals surface area (Å²) in [7, 11) is 1.56. The minimum atomic E-state index is -0.510. The molecule has 0 atom stereocenters. The lowest BCUT2D eigenvalue weighted by Gasteiger charge is -2.06. The molecule has 0 fully saturated rings. The highest BCUT2D eigenvalue weighted by atomic mass is 16.7. The summed E-state index contributed by atoms with van der Waals surface area (Å²) in [6.07, 6.45) is 1.69. The molecule has 0 bridgehead atoms. The molecular weight excluding hydrogens is 382 g/mol. The molecule has 0 N–H and O–H groups in total. The standard InChI is InChI=1S/C24H17NO5/c1-28-19-13-9-18(10-14-19)23(26)29-20-11-7-16(8-12-20)15-21-22(25-30-24(21)27)17-5-3-2-4-6-17/h2-15H,1H3/b21-15-. The Morgan fingerprint density at radius 3 is 2.23 bits per heavy atom. The maximum Gasteiger partial charge on any atom is 0.368 e. The van der Waals surface area contributed by atoms with Crippen LogP contribution in [0.4, 0.5) is 0 Å². The number of esters is 1. The van der Waals surface area contributed by atoms with Gasteiger partial charge in [0, 0.05) is 5.56 Å². The first-order chi connectivity index (χ1) is 14.6. The highest BCUT2D eigenvalue weighted by molar-refractivity contribution is 6.31. The molecule has 1 heterocycles. The summed E-state index contributed by atoms with van der Waals surface area (Å²) in [6, 6.07) is 22.8. The maximum atomic E-state index is 12.3. The Balaban J connectivity index is 1.49. The summed E-state index contributed by atoms with van der Waals surface area (Å²) >= 11 is 0. The smallest absolute Gasteiger partial charge is 0.368 e. The molecule has 4 rings (SSSR count). The second-order valence-corrected chi connectivity index (χ2v) is 6.43. The SMILES string of the molecule is COc1ccc(C(=O)Oc2ccc(/C=C3\C(=O)ON=C3c3ccccc3)cc2)cc1. The van der Waals surface area contributed by atoms with Crippen LogP contribution in [0.5, 0.6) is 11.5 Å². The average molecular weight is 399 g/mol. The Labute approximate surface area is 173 Å². The fraction of sp³-hybridized carbons (Fsp3) is 0.0417. The van der Waals surface area contributed by atoms with Gasteiger partial charge in [-0.1, -0.05) is 47.6 Å². The zero-order valence-corrected chi connectivity index (χ0v) is 16.1. The molecule has 0 saturated heterocycles. The van der Waals surface area contributed by atoms with Gasteiger partial charge in [-0.25, -0.2) is 9.59 Å². The normalized spacial score (nSPS) is 14.2. The minimum absolute atomic E-state index is 0.365. The summed E-state index contributed by atoms with van der Waals surface area (Å²) < 4.78 is 10.5. The molecule has 0 aliphatic carbocycles. The molecule has 0 saturated carbocycles. The van der Waals surface area contributed by atoms with Gasteiger partial charge in [0.25, 0.3) is 0 Å². The van der Waals surface area contributed by atoms with Crippen LogP contribution in [0.3, 0.4) is 0 Å². The van der Waals surface area contributed by atoms with Crippen LogP contribution in [-0.2, 0) is 9.63 Å². The van der Waals surface area contributed by atoms with Crippen LogP contribution in [0.2, 0.25) is 0 Å². The topological polar surface area (TPSA) is 74.2 Å². The molecule has 1 aliphatic heterocycles. The van der Waals surface area contributed by atoms with Gasteiger partial charge in [0.2, 0.25) is 0 Å². The molecule has 148 valence electrons. The van der Waals surface area contributed by atoms with E-state index in [1.807, 2.05) is 30.3 Å². The molecular formula is C24H17NO5. The Morgan fingerprint density at radius 2 is 1.57 bits per heavy atom. The molecule has 0 aromatic heterocycles. The van der Waals surface area contributed by atoms with E-state index in [0.717, 1.165) is 11.1 Å². The van der Waals surface area contributed by atoms with E-state index in [1.165, 1.54) is 0 Å². The zero-order chi connectivity index (χ0) is 20.9. The lowest BCUT2D eigenvalue weighted by atomic mass is 10.0. The zero-order valence-electron chi connectivity index (χ0n) is 16.1. The summed E-state index contributed by atoms with van der Waals surface area (Å²) in [6.45, 7) is 0. The monoisotopic (exact) mass is 399 g/mol. The largest absolute Gasteiger partial charge is 0.497 e. The molecule has 0 unspecified atom stereocenters. The first kappa shape index (κ1) is 19.1. The number of ether oxygens (including phenoxy) is 2. The van der Waals surface area contributed by atoms with E-state index in [4.69, 9.17) is 14.3 Å². The van der Waals surface area contributed by atoms with Gasteiger partial charge in [0.15, 0.2) is 0 Å². The van der Waals surface area contributed by atoms with Crippen LogP contribution in [0, 0.1) is 0 Å². The lowest BCUT2D eigenvalue weighted by molar-refractivity contribution is -0.136. The fourth-order valence-electron chi connectivity index (χ4n) is 2.91. The van der Waals surface area contributed by atoms with Crippen LogP contribution < -0.4 is 9.47 Å².